The Kier molecular flexibility index (Phi) is 2.90. The fourth-order valence-electron chi connectivity index (χ4n) is 0.800. The molecule has 4 heteroatoms. The van der Waals surface area contributed by atoms with Crippen molar-refractivity contribution in [1.29, 1.82) is 0 Å². The molecule has 2 nitrogen and oxygen atoms in total. The summed E-state index contributed by atoms with van der Waals surface area (Å²) in [6.45, 7) is 2.62. The highest BCUT2D eigenvalue weighted by Crippen LogP contribution is 2.12. The van der Waals surface area contributed by atoms with E-state index in [1.807, 2.05) is 6.92 Å². The van der Waals surface area contributed by atoms with Gasteiger partial charge in [0.15, 0.2) is 0 Å². The molecule has 0 saturated carbocycles. The zero-order chi connectivity index (χ0) is 8.43. The molecule has 0 spiro atoms. The van der Waals surface area contributed by atoms with E-state index in [4.69, 9.17) is 0 Å². The van der Waals surface area contributed by atoms with Crippen molar-refractivity contribution in [3.8, 4) is 0 Å². The van der Waals surface area contributed by atoms with Gasteiger partial charge in [-0.3, -0.25) is 4.79 Å². The van der Waals surface area contributed by atoms with Crippen molar-refractivity contribution in [1.82, 2.24) is 4.57 Å². The predicted octanol–water partition coefficient (Wildman–Crippen LogP) is 2.39. The summed E-state index contributed by atoms with van der Waals surface area (Å²) >= 11 is 6.47. The molecule has 0 aliphatic heterocycles. The van der Waals surface area contributed by atoms with Crippen LogP contribution in [0.15, 0.2) is 26.0 Å². The molecular weight excluding hydrogens is 274 g/mol. The van der Waals surface area contributed by atoms with Crippen molar-refractivity contribution in [2.45, 2.75) is 13.5 Å². The molecule has 0 fully saturated rings. The predicted molar refractivity (Wildman–Crippen MR) is 51.8 cm³/mol. The minimum Gasteiger partial charge on any atom is -0.314 e. The van der Waals surface area contributed by atoms with E-state index in [1.54, 1.807) is 16.8 Å². The normalized spacial score (nSPS) is 10.1. The van der Waals surface area contributed by atoms with E-state index in [0.717, 1.165) is 4.47 Å². The summed E-state index contributed by atoms with van der Waals surface area (Å²) in [5.41, 5.74) is 0.00991. The van der Waals surface area contributed by atoms with Crippen LogP contribution in [0.3, 0.4) is 0 Å². The minimum absolute atomic E-state index is 0.00991. The van der Waals surface area contributed by atoms with Gasteiger partial charge in [-0.2, -0.15) is 0 Å². The van der Waals surface area contributed by atoms with E-state index in [1.165, 1.54) is 0 Å². The lowest BCUT2D eigenvalue weighted by atomic mass is 10.5. The first kappa shape index (κ1) is 9.00. The highest BCUT2D eigenvalue weighted by atomic mass is 79.9. The highest BCUT2D eigenvalue weighted by molar-refractivity contribution is 9.11. The standard InChI is InChI=1S/C7H7Br2NO/c1-2-10-4-5(8)3-6(9)7(10)11/h3-4H,2H2,1H3. The molecule has 0 aliphatic rings. The first-order valence-electron chi connectivity index (χ1n) is 3.20. The van der Waals surface area contributed by atoms with E-state index < -0.39 is 0 Å². The molecule has 0 bridgehead atoms. The van der Waals surface area contributed by atoms with E-state index in [2.05, 4.69) is 31.9 Å². The maximum atomic E-state index is 11.2. The van der Waals surface area contributed by atoms with Crippen LogP contribution in [0.5, 0.6) is 0 Å². The summed E-state index contributed by atoms with van der Waals surface area (Å²) in [5, 5.41) is 0. The molecule has 0 saturated heterocycles. The molecule has 1 heterocycles. The van der Waals surface area contributed by atoms with E-state index >= 15 is 0 Å². The Labute approximate surface area is 81.5 Å². The van der Waals surface area contributed by atoms with Gasteiger partial charge in [-0.1, -0.05) is 0 Å². The van der Waals surface area contributed by atoms with E-state index in [-0.39, 0.29) is 5.56 Å². The summed E-state index contributed by atoms with van der Waals surface area (Å²) in [4.78, 5) is 11.2. The molecule has 0 aromatic carbocycles. The SMILES string of the molecule is CCn1cc(Br)cc(Br)c1=O. The number of hydrogen-bond acceptors (Lipinski definition) is 1. The second-order valence-electron chi connectivity index (χ2n) is 2.10. The molecule has 0 amide bonds. The van der Waals surface area contributed by atoms with Crippen LogP contribution in [0.25, 0.3) is 0 Å². The molecule has 0 radical (unpaired) electrons. The van der Waals surface area contributed by atoms with Gasteiger partial charge in [-0.05, 0) is 44.8 Å². The minimum atomic E-state index is 0.00991. The second-order valence-corrected chi connectivity index (χ2v) is 3.87. The second kappa shape index (κ2) is 3.54. The van der Waals surface area contributed by atoms with Crippen LogP contribution in [0.4, 0.5) is 0 Å². The van der Waals surface area contributed by atoms with Crippen molar-refractivity contribution in [2.24, 2.45) is 0 Å². The van der Waals surface area contributed by atoms with Gasteiger partial charge in [-0.25, -0.2) is 0 Å². The molecular formula is C7H7Br2NO. The van der Waals surface area contributed by atoms with E-state index in [0.29, 0.717) is 11.0 Å². The lowest BCUT2D eigenvalue weighted by Gasteiger charge is -2.01. The lowest BCUT2D eigenvalue weighted by Crippen LogP contribution is -2.18. The van der Waals surface area contributed by atoms with Crippen LogP contribution >= 0.6 is 31.9 Å². The van der Waals surface area contributed by atoms with Crippen molar-refractivity contribution < 1.29 is 0 Å². The Balaban J connectivity index is 3.37. The first-order valence-corrected chi connectivity index (χ1v) is 4.79. The van der Waals surface area contributed by atoms with Crippen LogP contribution in [0.2, 0.25) is 0 Å². The van der Waals surface area contributed by atoms with E-state index in [9.17, 15) is 4.79 Å². The van der Waals surface area contributed by atoms with Gasteiger partial charge in [0.1, 0.15) is 0 Å². The molecule has 0 N–H and O–H groups in total. The summed E-state index contributed by atoms with van der Waals surface area (Å²) in [6, 6.07) is 1.74. The third-order valence-electron chi connectivity index (χ3n) is 1.35. The molecule has 11 heavy (non-hydrogen) atoms. The number of nitrogens with zero attached hydrogens (tertiary/aromatic N) is 1. The Morgan fingerprint density at radius 2 is 2.18 bits per heavy atom. The van der Waals surface area contributed by atoms with Crippen LogP contribution in [-0.2, 0) is 6.54 Å². The van der Waals surface area contributed by atoms with Gasteiger partial charge in [0.2, 0.25) is 0 Å². The van der Waals surface area contributed by atoms with Crippen LogP contribution < -0.4 is 5.56 Å². The van der Waals surface area contributed by atoms with Gasteiger partial charge < -0.3 is 4.57 Å². The fraction of sp³-hybridized carbons (Fsp3) is 0.286. The Morgan fingerprint density at radius 3 is 2.73 bits per heavy atom. The average molecular weight is 281 g/mol. The van der Waals surface area contributed by atoms with Crippen molar-refractivity contribution >= 4 is 31.9 Å². The smallest absolute Gasteiger partial charge is 0.264 e. The van der Waals surface area contributed by atoms with Gasteiger partial charge >= 0.3 is 0 Å². The highest BCUT2D eigenvalue weighted by Gasteiger charge is 1.99. The third-order valence-corrected chi connectivity index (χ3v) is 2.35. The summed E-state index contributed by atoms with van der Waals surface area (Å²) in [5.74, 6) is 0. The Hall–Kier alpha value is -0.0900. The van der Waals surface area contributed by atoms with Gasteiger partial charge in [0.25, 0.3) is 5.56 Å². The first-order chi connectivity index (χ1) is 5.15. The zero-order valence-electron chi connectivity index (χ0n) is 5.97. The summed E-state index contributed by atoms with van der Waals surface area (Å²) < 4.78 is 3.13. The molecule has 1 aromatic rings. The lowest BCUT2D eigenvalue weighted by molar-refractivity contribution is 0.720. The monoisotopic (exact) mass is 279 g/mol. The number of rotatable bonds is 1. The Morgan fingerprint density at radius 1 is 1.55 bits per heavy atom. The number of halogens is 2. The number of aromatic nitrogens is 1. The van der Waals surface area contributed by atoms with Crippen LogP contribution in [0, 0.1) is 0 Å². The van der Waals surface area contributed by atoms with Crippen LogP contribution in [0.1, 0.15) is 6.92 Å². The average Bonchev–Trinajstić information content (AvgIpc) is 1.96. The molecule has 1 aromatic heterocycles. The van der Waals surface area contributed by atoms with Gasteiger partial charge in [0, 0.05) is 17.2 Å². The van der Waals surface area contributed by atoms with Gasteiger partial charge in [0.05, 0.1) is 4.47 Å². The molecule has 0 unspecified atom stereocenters. The molecule has 1 rings (SSSR count). The quantitative estimate of drug-likeness (QED) is 0.774. The molecule has 0 atom stereocenters. The third kappa shape index (κ3) is 1.93. The van der Waals surface area contributed by atoms with Gasteiger partial charge in [-0.15, -0.1) is 0 Å². The molecule has 0 aliphatic carbocycles. The maximum absolute atomic E-state index is 11.2. The largest absolute Gasteiger partial charge is 0.314 e. The topological polar surface area (TPSA) is 22.0 Å². The summed E-state index contributed by atoms with van der Waals surface area (Å²) in [6.07, 6.45) is 1.77. The van der Waals surface area contributed by atoms with Crippen molar-refractivity contribution in [2.75, 3.05) is 0 Å². The fourth-order valence-corrected chi connectivity index (χ4v) is 2.06. The number of pyridine rings is 1. The van der Waals surface area contributed by atoms with Crippen LogP contribution in [-0.4, -0.2) is 4.57 Å². The zero-order valence-corrected chi connectivity index (χ0v) is 9.15. The molecule has 60 valence electrons. The Bertz CT molecular complexity index is 319. The number of aryl methyl sites for hydroxylation is 1. The van der Waals surface area contributed by atoms with Crippen molar-refractivity contribution in [3.63, 3.8) is 0 Å². The summed E-state index contributed by atoms with van der Waals surface area (Å²) in [7, 11) is 0. The van der Waals surface area contributed by atoms with Crippen molar-refractivity contribution in [3.05, 3.63) is 31.6 Å². The number of hydrogen-bond donors (Lipinski definition) is 0. The maximum Gasteiger partial charge on any atom is 0.264 e.